The number of amidine groups is 1. The fourth-order valence-corrected chi connectivity index (χ4v) is 3.60. The van der Waals surface area contributed by atoms with Gasteiger partial charge in [-0.05, 0) is 17.7 Å². The molecule has 1 atom stereocenters. The molecule has 1 amide bonds. The number of amides is 1. The second-order valence-electron chi connectivity index (χ2n) is 5.38. The number of rotatable bonds is 5. The van der Waals surface area contributed by atoms with Crippen molar-refractivity contribution in [1.82, 2.24) is 5.32 Å². The highest BCUT2D eigenvalue weighted by atomic mass is 32.2. The molecule has 0 aromatic heterocycles. The van der Waals surface area contributed by atoms with Gasteiger partial charge >= 0.3 is 0 Å². The summed E-state index contributed by atoms with van der Waals surface area (Å²) < 4.78 is 33.3. The van der Waals surface area contributed by atoms with E-state index in [2.05, 4.69) is 15.0 Å². The number of nitrogens with zero attached hydrogens (tertiary/aromatic N) is 1. The van der Waals surface area contributed by atoms with Gasteiger partial charge in [0.2, 0.25) is 5.84 Å². The smallest absolute Gasteiger partial charge is 0.288 e. The molecule has 0 saturated heterocycles. The van der Waals surface area contributed by atoms with Crippen molar-refractivity contribution in [3.8, 4) is 0 Å². The number of methoxy groups -OCH3 is 1. The summed E-state index contributed by atoms with van der Waals surface area (Å²) in [4.78, 5) is 12.4. The van der Waals surface area contributed by atoms with E-state index in [1.807, 2.05) is 30.3 Å². The van der Waals surface area contributed by atoms with Gasteiger partial charge in [0, 0.05) is 13.7 Å². The Hall–Kier alpha value is -2.71. The van der Waals surface area contributed by atoms with Gasteiger partial charge in [-0.1, -0.05) is 42.5 Å². The van der Waals surface area contributed by atoms with Crippen LogP contribution in [0.15, 0.2) is 63.9 Å². The van der Waals surface area contributed by atoms with Crippen LogP contribution in [-0.2, 0) is 19.6 Å². The van der Waals surface area contributed by atoms with Crippen molar-refractivity contribution in [3.63, 3.8) is 0 Å². The molecule has 0 aliphatic carbocycles. The summed E-state index contributed by atoms with van der Waals surface area (Å²) in [5.41, 5.74) is 1.23. The molecule has 25 heavy (non-hydrogen) atoms. The van der Waals surface area contributed by atoms with E-state index < -0.39 is 15.9 Å². The standard InChI is InChI=1S/C17H17N3O4S/c1-24-14(12-7-3-2-4-8-12)11-18-17(21)16-19-13-9-5-6-10-15(13)25(22,23)20-16/h2-10,14H,11H2,1H3,(H,18,21)(H,19,20). The topological polar surface area (TPSA) is 96.9 Å². The van der Waals surface area contributed by atoms with Crippen molar-refractivity contribution in [2.45, 2.75) is 11.0 Å². The Morgan fingerprint density at radius 1 is 1.16 bits per heavy atom. The van der Waals surface area contributed by atoms with Gasteiger partial charge in [0.15, 0.2) is 0 Å². The van der Waals surface area contributed by atoms with Crippen LogP contribution >= 0.6 is 0 Å². The number of carbonyl (C=O) groups excluding carboxylic acids is 1. The fourth-order valence-electron chi connectivity index (χ4n) is 2.49. The van der Waals surface area contributed by atoms with Crippen LogP contribution in [0.2, 0.25) is 0 Å². The molecule has 2 aromatic rings. The maximum Gasteiger partial charge on any atom is 0.288 e. The van der Waals surface area contributed by atoms with Gasteiger partial charge < -0.3 is 15.4 Å². The number of sulfonamides is 1. The number of fused-ring (bicyclic) bond motifs is 1. The average Bonchev–Trinajstić information content (AvgIpc) is 2.62. The van der Waals surface area contributed by atoms with Gasteiger partial charge in [-0.3, -0.25) is 4.79 Å². The van der Waals surface area contributed by atoms with Crippen LogP contribution in [0.1, 0.15) is 11.7 Å². The summed E-state index contributed by atoms with van der Waals surface area (Å²) >= 11 is 0. The van der Waals surface area contributed by atoms with Crippen molar-refractivity contribution >= 4 is 27.5 Å². The van der Waals surface area contributed by atoms with Crippen LogP contribution < -0.4 is 10.6 Å². The Morgan fingerprint density at radius 2 is 1.84 bits per heavy atom. The Morgan fingerprint density at radius 3 is 2.56 bits per heavy atom. The van der Waals surface area contributed by atoms with Gasteiger partial charge in [-0.15, -0.1) is 4.40 Å². The first kappa shape index (κ1) is 17.1. The zero-order chi connectivity index (χ0) is 17.9. The van der Waals surface area contributed by atoms with Crippen LogP contribution in [0.25, 0.3) is 0 Å². The lowest BCUT2D eigenvalue weighted by Gasteiger charge is -2.19. The van der Waals surface area contributed by atoms with E-state index in [4.69, 9.17) is 4.74 Å². The van der Waals surface area contributed by atoms with Crippen molar-refractivity contribution in [2.24, 2.45) is 4.40 Å². The van der Waals surface area contributed by atoms with Gasteiger partial charge in [-0.25, -0.2) is 0 Å². The Kier molecular flexibility index (Phi) is 4.82. The lowest BCUT2D eigenvalue weighted by atomic mass is 10.1. The summed E-state index contributed by atoms with van der Waals surface area (Å²) in [6, 6.07) is 15.7. The highest BCUT2D eigenvalue weighted by Gasteiger charge is 2.28. The Bertz CT molecular complexity index is 911. The maximum atomic E-state index is 12.3. The molecule has 2 aromatic carbocycles. The van der Waals surface area contributed by atoms with Gasteiger partial charge in [0.25, 0.3) is 15.9 Å². The number of ether oxygens (including phenoxy) is 1. The van der Waals surface area contributed by atoms with Crippen molar-refractivity contribution in [3.05, 3.63) is 60.2 Å². The first-order valence-electron chi connectivity index (χ1n) is 7.58. The normalized spacial score (nSPS) is 16.1. The third-order valence-corrected chi connectivity index (χ3v) is 5.08. The second-order valence-corrected chi connectivity index (χ2v) is 6.95. The minimum Gasteiger partial charge on any atom is -0.375 e. The number of nitrogens with one attached hydrogen (secondary N) is 2. The number of hydrogen-bond donors (Lipinski definition) is 2. The van der Waals surface area contributed by atoms with E-state index >= 15 is 0 Å². The molecule has 7 nitrogen and oxygen atoms in total. The van der Waals surface area contributed by atoms with E-state index in [1.54, 1.807) is 25.3 Å². The number of hydrogen-bond acceptors (Lipinski definition) is 5. The number of carbonyl (C=O) groups is 1. The number of para-hydroxylation sites is 1. The van der Waals surface area contributed by atoms with Crippen LogP contribution in [0.3, 0.4) is 0 Å². The van der Waals surface area contributed by atoms with Crippen molar-refractivity contribution in [2.75, 3.05) is 19.0 Å². The molecule has 0 saturated carbocycles. The molecule has 0 fully saturated rings. The predicted octanol–water partition coefficient (Wildman–Crippen LogP) is 1.70. The molecule has 1 heterocycles. The van der Waals surface area contributed by atoms with Crippen LogP contribution in [0, 0.1) is 0 Å². The molecular weight excluding hydrogens is 342 g/mol. The van der Waals surface area contributed by atoms with E-state index in [-0.39, 0.29) is 23.4 Å². The summed E-state index contributed by atoms with van der Waals surface area (Å²) in [6.45, 7) is 0.182. The molecule has 3 rings (SSSR count). The molecule has 2 N–H and O–H groups in total. The van der Waals surface area contributed by atoms with Crippen LogP contribution in [-0.4, -0.2) is 33.8 Å². The van der Waals surface area contributed by atoms with E-state index in [0.29, 0.717) is 5.69 Å². The lowest BCUT2D eigenvalue weighted by molar-refractivity contribution is -0.115. The fraction of sp³-hybridized carbons (Fsp3) is 0.176. The summed E-state index contributed by atoms with van der Waals surface area (Å²) in [7, 11) is -2.36. The maximum absolute atomic E-state index is 12.3. The highest BCUT2D eigenvalue weighted by molar-refractivity contribution is 7.90. The molecule has 0 spiro atoms. The first-order chi connectivity index (χ1) is 12.0. The average molecular weight is 359 g/mol. The molecule has 0 bridgehead atoms. The van der Waals surface area contributed by atoms with E-state index in [9.17, 15) is 13.2 Å². The van der Waals surface area contributed by atoms with E-state index in [0.717, 1.165) is 5.56 Å². The molecule has 1 aliphatic heterocycles. The zero-order valence-electron chi connectivity index (χ0n) is 13.5. The predicted molar refractivity (Wildman–Crippen MR) is 93.9 cm³/mol. The Balaban J connectivity index is 1.73. The summed E-state index contributed by atoms with van der Waals surface area (Å²) in [6.07, 6.45) is -0.349. The quantitative estimate of drug-likeness (QED) is 0.847. The third kappa shape index (κ3) is 3.70. The lowest BCUT2D eigenvalue weighted by Crippen LogP contribution is -2.40. The number of anilines is 1. The molecular formula is C17H17N3O4S. The van der Waals surface area contributed by atoms with Gasteiger partial charge in [-0.2, -0.15) is 8.42 Å². The van der Waals surface area contributed by atoms with Crippen LogP contribution in [0.4, 0.5) is 5.69 Å². The molecule has 1 unspecified atom stereocenters. The number of benzene rings is 2. The van der Waals surface area contributed by atoms with Crippen LogP contribution in [0.5, 0.6) is 0 Å². The van der Waals surface area contributed by atoms with E-state index in [1.165, 1.54) is 6.07 Å². The van der Waals surface area contributed by atoms with Crippen molar-refractivity contribution in [1.29, 1.82) is 0 Å². The summed E-state index contributed by atoms with van der Waals surface area (Å²) in [5.74, 6) is -0.877. The largest absolute Gasteiger partial charge is 0.375 e. The minimum atomic E-state index is -3.90. The molecule has 1 aliphatic rings. The Labute approximate surface area is 145 Å². The first-order valence-corrected chi connectivity index (χ1v) is 9.02. The molecule has 8 heteroatoms. The monoisotopic (exact) mass is 359 g/mol. The second kappa shape index (κ2) is 7.04. The SMILES string of the molecule is COC(CNC(=O)C1=NS(=O)(=O)c2ccccc2N1)c1ccccc1. The van der Waals surface area contributed by atoms with Gasteiger partial charge in [0.05, 0.1) is 11.8 Å². The zero-order valence-corrected chi connectivity index (χ0v) is 14.3. The summed E-state index contributed by atoms with van der Waals surface area (Å²) in [5, 5.41) is 5.40. The third-order valence-electron chi connectivity index (χ3n) is 3.75. The van der Waals surface area contributed by atoms with Crippen molar-refractivity contribution < 1.29 is 17.9 Å². The minimum absolute atomic E-state index is 0.0469. The highest BCUT2D eigenvalue weighted by Crippen LogP contribution is 2.26. The molecule has 0 radical (unpaired) electrons. The molecule has 130 valence electrons. The van der Waals surface area contributed by atoms with Gasteiger partial charge in [0.1, 0.15) is 4.90 Å².